The summed E-state index contributed by atoms with van der Waals surface area (Å²) in [6.45, 7) is 0. The number of hydrogen-bond acceptors (Lipinski definition) is 3. The van der Waals surface area contributed by atoms with Gasteiger partial charge in [-0.1, -0.05) is 18.2 Å². The Bertz CT molecular complexity index is 703. The largest absolute Gasteiger partial charge is 0.497 e. The Kier molecular flexibility index (Phi) is 2.91. The fraction of sp³-hybridized carbons (Fsp3) is 0.0625. The Morgan fingerprint density at radius 2 is 1.80 bits per heavy atom. The van der Waals surface area contributed by atoms with Crippen LogP contribution in [0, 0.1) is 0 Å². The monoisotopic (exact) mass is 266 g/mol. The second-order valence-corrected chi connectivity index (χ2v) is 4.52. The smallest absolute Gasteiger partial charge is 0.258 e. The Labute approximate surface area is 116 Å². The van der Waals surface area contributed by atoms with Crippen LogP contribution in [0.2, 0.25) is 0 Å². The molecule has 1 aliphatic heterocycles. The van der Waals surface area contributed by atoms with Gasteiger partial charge in [-0.2, -0.15) is 0 Å². The standard InChI is InChI=1S/C16H14N2O2/c1-20-11-8-6-10(7-9-11)15(17)14-12-4-2-3-5-13(12)18-16(14)19/h2-9H,17H2,1H3,(H,18,19). The highest BCUT2D eigenvalue weighted by Gasteiger charge is 2.26. The number of amides is 1. The third-order valence-electron chi connectivity index (χ3n) is 3.34. The van der Waals surface area contributed by atoms with Crippen molar-refractivity contribution in [3.05, 3.63) is 59.7 Å². The lowest BCUT2D eigenvalue weighted by atomic mass is 10.0. The quantitative estimate of drug-likeness (QED) is 0.821. The predicted octanol–water partition coefficient (Wildman–Crippen LogP) is 2.47. The van der Waals surface area contributed by atoms with E-state index in [0.29, 0.717) is 11.3 Å². The third kappa shape index (κ3) is 1.91. The average Bonchev–Trinajstić information content (AvgIpc) is 2.82. The minimum Gasteiger partial charge on any atom is -0.497 e. The van der Waals surface area contributed by atoms with Gasteiger partial charge in [0.2, 0.25) is 0 Å². The van der Waals surface area contributed by atoms with E-state index in [0.717, 1.165) is 22.6 Å². The van der Waals surface area contributed by atoms with Crippen molar-refractivity contribution >= 4 is 22.9 Å². The number of benzene rings is 2. The number of nitrogens with one attached hydrogen (secondary N) is 1. The first-order valence-electron chi connectivity index (χ1n) is 6.25. The van der Waals surface area contributed by atoms with E-state index in [2.05, 4.69) is 5.32 Å². The summed E-state index contributed by atoms with van der Waals surface area (Å²) in [7, 11) is 1.61. The van der Waals surface area contributed by atoms with Gasteiger partial charge in [0.15, 0.2) is 0 Å². The maximum Gasteiger partial charge on any atom is 0.258 e. The molecule has 0 unspecified atom stereocenters. The van der Waals surface area contributed by atoms with Gasteiger partial charge in [0.05, 0.1) is 18.4 Å². The molecule has 2 aromatic rings. The molecule has 0 atom stereocenters. The van der Waals surface area contributed by atoms with Crippen molar-refractivity contribution in [2.45, 2.75) is 0 Å². The zero-order valence-corrected chi connectivity index (χ0v) is 11.0. The molecule has 1 aliphatic rings. The van der Waals surface area contributed by atoms with Crippen LogP contribution in [0.5, 0.6) is 5.75 Å². The number of hydrogen-bond donors (Lipinski definition) is 2. The second-order valence-electron chi connectivity index (χ2n) is 4.52. The van der Waals surface area contributed by atoms with Crippen LogP contribution in [0.1, 0.15) is 11.1 Å². The molecule has 0 bridgehead atoms. The Morgan fingerprint density at radius 1 is 1.10 bits per heavy atom. The number of carbonyl (C=O) groups excluding carboxylic acids is 1. The zero-order valence-electron chi connectivity index (χ0n) is 11.0. The molecule has 0 aliphatic carbocycles. The summed E-state index contributed by atoms with van der Waals surface area (Å²) in [6, 6.07) is 14.8. The van der Waals surface area contributed by atoms with Gasteiger partial charge in [-0.15, -0.1) is 0 Å². The first-order valence-corrected chi connectivity index (χ1v) is 6.25. The maximum absolute atomic E-state index is 12.1. The fourth-order valence-electron chi connectivity index (χ4n) is 2.30. The molecule has 0 fully saturated rings. The minimum atomic E-state index is -0.167. The van der Waals surface area contributed by atoms with Crippen LogP contribution in [0.3, 0.4) is 0 Å². The molecule has 3 rings (SSSR count). The highest BCUT2D eigenvalue weighted by atomic mass is 16.5. The fourth-order valence-corrected chi connectivity index (χ4v) is 2.30. The van der Waals surface area contributed by atoms with Gasteiger partial charge in [-0.05, 0) is 35.9 Å². The van der Waals surface area contributed by atoms with Crippen LogP contribution < -0.4 is 15.8 Å². The van der Waals surface area contributed by atoms with Crippen molar-refractivity contribution in [1.29, 1.82) is 0 Å². The van der Waals surface area contributed by atoms with E-state index >= 15 is 0 Å². The van der Waals surface area contributed by atoms with Crippen molar-refractivity contribution in [3.8, 4) is 5.75 Å². The molecular weight excluding hydrogens is 252 g/mol. The van der Waals surface area contributed by atoms with Gasteiger partial charge < -0.3 is 15.8 Å². The van der Waals surface area contributed by atoms with Crippen molar-refractivity contribution in [2.75, 3.05) is 12.4 Å². The third-order valence-corrected chi connectivity index (χ3v) is 3.34. The van der Waals surface area contributed by atoms with Crippen LogP contribution in [-0.2, 0) is 4.79 Å². The molecule has 1 heterocycles. The molecule has 1 amide bonds. The molecule has 3 N–H and O–H groups in total. The molecular formula is C16H14N2O2. The van der Waals surface area contributed by atoms with E-state index in [9.17, 15) is 4.79 Å². The number of ether oxygens (including phenoxy) is 1. The highest BCUT2D eigenvalue weighted by molar-refractivity contribution is 6.36. The lowest BCUT2D eigenvalue weighted by Gasteiger charge is -2.07. The lowest BCUT2D eigenvalue weighted by Crippen LogP contribution is -2.09. The molecule has 2 aromatic carbocycles. The normalized spacial score (nSPS) is 15.6. The molecule has 0 spiro atoms. The van der Waals surface area contributed by atoms with Crippen LogP contribution in [0.15, 0.2) is 48.5 Å². The first kappa shape index (κ1) is 12.3. The molecule has 0 saturated carbocycles. The summed E-state index contributed by atoms with van der Waals surface area (Å²) >= 11 is 0. The number of para-hydroxylation sites is 1. The molecule has 0 saturated heterocycles. The van der Waals surface area contributed by atoms with Gasteiger partial charge in [0, 0.05) is 11.3 Å². The first-order chi connectivity index (χ1) is 9.70. The summed E-state index contributed by atoms with van der Waals surface area (Å²) in [5, 5.41) is 2.82. The SMILES string of the molecule is COc1ccc(C(N)=C2C(=O)Nc3ccccc32)cc1. The summed E-state index contributed by atoms with van der Waals surface area (Å²) in [4.78, 5) is 12.1. The zero-order chi connectivity index (χ0) is 14.1. The van der Waals surface area contributed by atoms with E-state index < -0.39 is 0 Å². The average molecular weight is 266 g/mol. The summed E-state index contributed by atoms with van der Waals surface area (Å²) in [6.07, 6.45) is 0. The van der Waals surface area contributed by atoms with Crippen LogP contribution in [0.4, 0.5) is 5.69 Å². The van der Waals surface area contributed by atoms with E-state index in [1.54, 1.807) is 7.11 Å². The van der Waals surface area contributed by atoms with Gasteiger partial charge in [0.25, 0.3) is 5.91 Å². The number of methoxy groups -OCH3 is 1. The number of carbonyl (C=O) groups is 1. The highest BCUT2D eigenvalue weighted by Crippen LogP contribution is 2.35. The van der Waals surface area contributed by atoms with Crippen molar-refractivity contribution < 1.29 is 9.53 Å². The predicted molar refractivity (Wildman–Crippen MR) is 79.1 cm³/mol. The minimum absolute atomic E-state index is 0.167. The Balaban J connectivity index is 2.11. The van der Waals surface area contributed by atoms with Gasteiger partial charge in [-0.3, -0.25) is 4.79 Å². The van der Waals surface area contributed by atoms with Gasteiger partial charge in [-0.25, -0.2) is 0 Å². The van der Waals surface area contributed by atoms with Crippen LogP contribution in [0.25, 0.3) is 11.3 Å². The Hall–Kier alpha value is -2.75. The number of nitrogens with two attached hydrogens (primary N) is 1. The van der Waals surface area contributed by atoms with Crippen LogP contribution >= 0.6 is 0 Å². The van der Waals surface area contributed by atoms with Gasteiger partial charge in [0.1, 0.15) is 5.75 Å². The molecule has 20 heavy (non-hydrogen) atoms. The number of anilines is 1. The summed E-state index contributed by atoms with van der Waals surface area (Å²) in [5.41, 5.74) is 9.59. The van der Waals surface area contributed by atoms with Crippen LogP contribution in [-0.4, -0.2) is 13.0 Å². The van der Waals surface area contributed by atoms with Crippen molar-refractivity contribution in [2.24, 2.45) is 5.73 Å². The summed E-state index contributed by atoms with van der Waals surface area (Å²) in [5.74, 6) is 0.586. The van der Waals surface area contributed by atoms with Crippen molar-refractivity contribution in [3.63, 3.8) is 0 Å². The van der Waals surface area contributed by atoms with E-state index in [4.69, 9.17) is 10.5 Å². The maximum atomic E-state index is 12.1. The molecule has 0 radical (unpaired) electrons. The number of fused-ring (bicyclic) bond motifs is 1. The number of rotatable bonds is 2. The molecule has 4 heteroatoms. The van der Waals surface area contributed by atoms with Gasteiger partial charge >= 0.3 is 0 Å². The molecule has 100 valence electrons. The second kappa shape index (κ2) is 4.74. The Morgan fingerprint density at radius 3 is 2.50 bits per heavy atom. The van der Waals surface area contributed by atoms with E-state index in [1.807, 2.05) is 48.5 Å². The lowest BCUT2D eigenvalue weighted by molar-refractivity contribution is -0.110. The van der Waals surface area contributed by atoms with E-state index in [1.165, 1.54) is 0 Å². The van der Waals surface area contributed by atoms with Crippen molar-refractivity contribution in [1.82, 2.24) is 0 Å². The topological polar surface area (TPSA) is 64.3 Å². The summed E-state index contributed by atoms with van der Waals surface area (Å²) < 4.78 is 5.12. The van der Waals surface area contributed by atoms with E-state index in [-0.39, 0.29) is 5.91 Å². The molecule has 0 aromatic heterocycles. The molecule has 4 nitrogen and oxygen atoms in total.